The standard InChI is InChI=1S/C13H21N3O/c1-3-4-7-17-13-15-10(2)8-12(16-13)9-14-11-5-6-11/h8,11,14H,3-7,9H2,1-2H3. The molecule has 1 aromatic heterocycles. The Bertz CT molecular complexity index is 364. The molecule has 94 valence electrons. The second kappa shape index (κ2) is 5.96. The number of nitrogens with zero attached hydrogens (tertiary/aromatic N) is 2. The van der Waals surface area contributed by atoms with Gasteiger partial charge in [-0.25, -0.2) is 4.98 Å². The number of hydrogen-bond acceptors (Lipinski definition) is 4. The number of aromatic nitrogens is 2. The topological polar surface area (TPSA) is 47.0 Å². The van der Waals surface area contributed by atoms with E-state index in [1.807, 2.05) is 13.0 Å². The predicted octanol–water partition coefficient (Wildman–Crippen LogP) is 2.22. The summed E-state index contributed by atoms with van der Waals surface area (Å²) < 4.78 is 5.54. The summed E-state index contributed by atoms with van der Waals surface area (Å²) >= 11 is 0. The molecule has 0 spiro atoms. The Morgan fingerprint density at radius 2 is 2.24 bits per heavy atom. The van der Waals surface area contributed by atoms with Gasteiger partial charge in [-0.3, -0.25) is 0 Å². The van der Waals surface area contributed by atoms with E-state index in [1.165, 1.54) is 12.8 Å². The summed E-state index contributed by atoms with van der Waals surface area (Å²) in [5.41, 5.74) is 2.00. The van der Waals surface area contributed by atoms with Gasteiger partial charge in [0.25, 0.3) is 0 Å². The van der Waals surface area contributed by atoms with Crippen LogP contribution in [0.15, 0.2) is 6.07 Å². The minimum absolute atomic E-state index is 0.519. The van der Waals surface area contributed by atoms with Gasteiger partial charge in [-0.05, 0) is 32.3 Å². The van der Waals surface area contributed by atoms with Gasteiger partial charge in [-0.15, -0.1) is 0 Å². The van der Waals surface area contributed by atoms with Crippen LogP contribution < -0.4 is 10.1 Å². The minimum Gasteiger partial charge on any atom is -0.463 e. The van der Waals surface area contributed by atoms with Crippen molar-refractivity contribution in [2.75, 3.05) is 6.61 Å². The lowest BCUT2D eigenvalue weighted by atomic mass is 10.3. The third-order valence-corrected chi connectivity index (χ3v) is 2.77. The van der Waals surface area contributed by atoms with E-state index < -0.39 is 0 Å². The molecular formula is C13H21N3O. The maximum absolute atomic E-state index is 5.54. The zero-order valence-corrected chi connectivity index (χ0v) is 10.7. The molecule has 0 atom stereocenters. The highest BCUT2D eigenvalue weighted by molar-refractivity contribution is 5.12. The fraction of sp³-hybridized carbons (Fsp3) is 0.692. The van der Waals surface area contributed by atoms with Gasteiger partial charge >= 0.3 is 6.01 Å². The largest absolute Gasteiger partial charge is 0.463 e. The lowest BCUT2D eigenvalue weighted by Crippen LogP contribution is -2.17. The molecule has 2 rings (SSSR count). The molecule has 1 fully saturated rings. The molecule has 17 heavy (non-hydrogen) atoms. The van der Waals surface area contributed by atoms with Gasteiger partial charge in [0.1, 0.15) is 0 Å². The smallest absolute Gasteiger partial charge is 0.316 e. The predicted molar refractivity (Wildman–Crippen MR) is 67.0 cm³/mol. The molecule has 1 heterocycles. The molecule has 1 N–H and O–H groups in total. The van der Waals surface area contributed by atoms with Crippen molar-refractivity contribution in [2.45, 2.75) is 52.1 Å². The van der Waals surface area contributed by atoms with Gasteiger partial charge in [-0.1, -0.05) is 13.3 Å². The van der Waals surface area contributed by atoms with Crippen LogP contribution >= 0.6 is 0 Å². The summed E-state index contributed by atoms with van der Waals surface area (Å²) in [6.45, 7) is 5.65. The molecule has 0 bridgehead atoms. The van der Waals surface area contributed by atoms with E-state index in [1.54, 1.807) is 0 Å². The Kier molecular flexibility index (Phi) is 4.31. The van der Waals surface area contributed by atoms with Crippen molar-refractivity contribution in [3.05, 3.63) is 17.5 Å². The first-order chi connectivity index (χ1) is 8.28. The summed E-state index contributed by atoms with van der Waals surface area (Å²) in [6.07, 6.45) is 4.77. The zero-order valence-electron chi connectivity index (χ0n) is 10.7. The third kappa shape index (κ3) is 4.30. The number of hydrogen-bond donors (Lipinski definition) is 1. The SMILES string of the molecule is CCCCOc1nc(C)cc(CNC2CC2)n1. The molecule has 0 saturated heterocycles. The molecule has 0 unspecified atom stereocenters. The maximum Gasteiger partial charge on any atom is 0.316 e. The number of ether oxygens (including phenoxy) is 1. The van der Waals surface area contributed by atoms with Crippen LogP contribution in [-0.4, -0.2) is 22.6 Å². The van der Waals surface area contributed by atoms with Crippen LogP contribution in [0.25, 0.3) is 0 Å². The fourth-order valence-corrected chi connectivity index (χ4v) is 1.60. The summed E-state index contributed by atoms with van der Waals surface area (Å²) in [6, 6.07) is 3.24. The van der Waals surface area contributed by atoms with Gasteiger partial charge in [0, 0.05) is 18.3 Å². The maximum atomic E-state index is 5.54. The monoisotopic (exact) mass is 235 g/mol. The van der Waals surface area contributed by atoms with Crippen molar-refractivity contribution < 1.29 is 4.74 Å². The molecule has 0 amide bonds. The molecule has 1 aromatic rings. The number of aryl methyl sites for hydroxylation is 1. The molecule has 1 aliphatic rings. The quantitative estimate of drug-likeness (QED) is 0.736. The van der Waals surface area contributed by atoms with E-state index in [9.17, 15) is 0 Å². The Labute approximate surface area is 103 Å². The van der Waals surface area contributed by atoms with Gasteiger partial charge in [0.05, 0.1) is 12.3 Å². The van der Waals surface area contributed by atoms with Crippen LogP contribution in [0.2, 0.25) is 0 Å². The van der Waals surface area contributed by atoms with Crippen LogP contribution in [0.4, 0.5) is 0 Å². The van der Waals surface area contributed by atoms with E-state index in [0.29, 0.717) is 18.7 Å². The Morgan fingerprint density at radius 1 is 1.41 bits per heavy atom. The van der Waals surface area contributed by atoms with E-state index >= 15 is 0 Å². The van der Waals surface area contributed by atoms with Crippen LogP contribution in [0, 0.1) is 6.92 Å². The average Bonchev–Trinajstić information content (AvgIpc) is 3.10. The Hall–Kier alpha value is -1.16. The number of rotatable bonds is 7. The van der Waals surface area contributed by atoms with Crippen molar-refractivity contribution in [1.29, 1.82) is 0 Å². The highest BCUT2D eigenvalue weighted by Gasteiger charge is 2.20. The molecular weight excluding hydrogens is 214 g/mol. The van der Waals surface area contributed by atoms with Crippen molar-refractivity contribution in [3.8, 4) is 6.01 Å². The van der Waals surface area contributed by atoms with Crippen molar-refractivity contribution in [3.63, 3.8) is 0 Å². The van der Waals surface area contributed by atoms with Gasteiger partial charge in [-0.2, -0.15) is 4.98 Å². The molecule has 1 aliphatic carbocycles. The third-order valence-electron chi connectivity index (χ3n) is 2.77. The van der Waals surface area contributed by atoms with Crippen LogP contribution in [0.3, 0.4) is 0 Å². The summed E-state index contributed by atoms with van der Waals surface area (Å²) in [7, 11) is 0. The highest BCUT2D eigenvalue weighted by atomic mass is 16.5. The van der Waals surface area contributed by atoms with Crippen LogP contribution in [-0.2, 0) is 6.54 Å². The molecule has 0 aliphatic heterocycles. The molecule has 0 aromatic carbocycles. The van der Waals surface area contributed by atoms with Gasteiger partial charge in [0.2, 0.25) is 0 Å². The summed E-state index contributed by atoms with van der Waals surface area (Å²) in [5.74, 6) is 0. The van der Waals surface area contributed by atoms with Crippen molar-refractivity contribution >= 4 is 0 Å². The highest BCUT2D eigenvalue weighted by Crippen LogP contribution is 2.19. The zero-order chi connectivity index (χ0) is 12.1. The van der Waals surface area contributed by atoms with E-state index in [2.05, 4.69) is 22.2 Å². The number of unbranched alkanes of at least 4 members (excludes halogenated alkanes) is 1. The summed E-state index contributed by atoms with van der Waals surface area (Å²) in [4.78, 5) is 8.70. The molecule has 0 radical (unpaired) electrons. The summed E-state index contributed by atoms with van der Waals surface area (Å²) in [5, 5.41) is 3.45. The first kappa shape index (κ1) is 12.3. The lowest BCUT2D eigenvalue weighted by molar-refractivity contribution is 0.283. The van der Waals surface area contributed by atoms with Crippen LogP contribution in [0.1, 0.15) is 44.0 Å². The van der Waals surface area contributed by atoms with Crippen molar-refractivity contribution in [1.82, 2.24) is 15.3 Å². The molecule has 1 saturated carbocycles. The first-order valence-electron chi connectivity index (χ1n) is 6.48. The van der Waals surface area contributed by atoms with E-state index in [4.69, 9.17) is 4.74 Å². The van der Waals surface area contributed by atoms with Crippen molar-refractivity contribution in [2.24, 2.45) is 0 Å². The Morgan fingerprint density at radius 3 is 2.94 bits per heavy atom. The number of nitrogens with one attached hydrogen (secondary N) is 1. The van der Waals surface area contributed by atoms with E-state index in [-0.39, 0.29) is 0 Å². The second-order valence-electron chi connectivity index (χ2n) is 4.64. The van der Waals surface area contributed by atoms with Gasteiger partial charge < -0.3 is 10.1 Å². The minimum atomic E-state index is 0.519. The average molecular weight is 235 g/mol. The van der Waals surface area contributed by atoms with E-state index in [0.717, 1.165) is 30.8 Å². The first-order valence-corrected chi connectivity index (χ1v) is 6.48. The second-order valence-corrected chi connectivity index (χ2v) is 4.64. The Balaban J connectivity index is 1.90. The van der Waals surface area contributed by atoms with Gasteiger partial charge in [0.15, 0.2) is 0 Å². The normalized spacial score (nSPS) is 14.9. The van der Waals surface area contributed by atoms with Crippen LogP contribution in [0.5, 0.6) is 6.01 Å². The lowest BCUT2D eigenvalue weighted by Gasteiger charge is -2.07. The molecule has 4 heteroatoms. The molecule has 4 nitrogen and oxygen atoms in total. The fourth-order valence-electron chi connectivity index (χ4n) is 1.60.